The SMILES string of the molecule is Nc1ncnc2c1c(-c1cn(Cc3ccccc3)nn1)nn2[C@H]1C[C@H](O)[C@@H](CO)O1. The Labute approximate surface area is 170 Å². The number of ether oxygens (including phenoxy) is 1. The third kappa shape index (κ3) is 3.18. The minimum absolute atomic E-state index is 0.260. The maximum atomic E-state index is 10.1. The van der Waals surface area contributed by atoms with Crippen molar-refractivity contribution in [2.75, 3.05) is 12.3 Å². The number of anilines is 1. The highest BCUT2D eigenvalue weighted by Crippen LogP contribution is 2.35. The molecule has 0 amide bonds. The molecule has 0 bridgehead atoms. The molecule has 3 aromatic heterocycles. The van der Waals surface area contributed by atoms with E-state index in [9.17, 15) is 10.2 Å². The predicted molar refractivity (Wildman–Crippen MR) is 106 cm³/mol. The molecule has 0 aliphatic carbocycles. The number of nitrogen functional groups attached to an aromatic ring is 1. The highest BCUT2D eigenvalue weighted by atomic mass is 16.5. The molecule has 4 aromatic rings. The number of hydrogen-bond donors (Lipinski definition) is 3. The van der Waals surface area contributed by atoms with Crippen LogP contribution < -0.4 is 5.73 Å². The molecule has 3 atom stereocenters. The van der Waals surface area contributed by atoms with Crippen molar-refractivity contribution < 1.29 is 14.9 Å². The molecule has 1 aliphatic heterocycles. The summed E-state index contributed by atoms with van der Waals surface area (Å²) in [6.45, 7) is 0.281. The number of aliphatic hydroxyl groups is 2. The second-order valence-electron chi connectivity index (χ2n) is 7.15. The molecule has 0 saturated carbocycles. The molecular formula is C19H20N8O3. The van der Waals surface area contributed by atoms with Crippen molar-refractivity contribution in [2.24, 2.45) is 0 Å². The van der Waals surface area contributed by atoms with Crippen LogP contribution in [0.25, 0.3) is 22.4 Å². The van der Waals surface area contributed by atoms with Gasteiger partial charge < -0.3 is 20.7 Å². The Morgan fingerprint density at radius 1 is 1.20 bits per heavy atom. The van der Waals surface area contributed by atoms with E-state index >= 15 is 0 Å². The fourth-order valence-electron chi connectivity index (χ4n) is 3.66. The number of benzene rings is 1. The summed E-state index contributed by atoms with van der Waals surface area (Å²) >= 11 is 0. The van der Waals surface area contributed by atoms with E-state index in [0.29, 0.717) is 29.0 Å². The molecule has 1 saturated heterocycles. The number of rotatable bonds is 5. The van der Waals surface area contributed by atoms with E-state index in [1.54, 1.807) is 15.6 Å². The van der Waals surface area contributed by atoms with E-state index in [1.807, 2.05) is 30.3 Å². The fraction of sp³-hybridized carbons (Fsp3) is 0.316. The Morgan fingerprint density at radius 3 is 2.80 bits per heavy atom. The van der Waals surface area contributed by atoms with Crippen LogP contribution in [0.1, 0.15) is 18.2 Å². The Morgan fingerprint density at radius 2 is 2.03 bits per heavy atom. The van der Waals surface area contributed by atoms with Crippen LogP contribution in [0, 0.1) is 0 Å². The lowest BCUT2D eigenvalue weighted by Gasteiger charge is -2.12. The van der Waals surface area contributed by atoms with Gasteiger partial charge in [-0.25, -0.2) is 19.3 Å². The largest absolute Gasteiger partial charge is 0.394 e. The predicted octanol–water partition coefficient (Wildman–Crippen LogP) is 0.356. The second kappa shape index (κ2) is 7.44. The summed E-state index contributed by atoms with van der Waals surface area (Å²) in [6.07, 6.45) is 1.33. The van der Waals surface area contributed by atoms with Gasteiger partial charge >= 0.3 is 0 Å². The molecule has 1 aliphatic rings. The first kappa shape index (κ1) is 18.6. The Hall–Kier alpha value is -3.41. The molecule has 4 N–H and O–H groups in total. The zero-order valence-electron chi connectivity index (χ0n) is 15.9. The standard InChI is InChI=1S/C19H20N8O3/c20-18-16-17(12-8-26(25-23-12)7-11-4-2-1-3-5-11)24-27(19(16)22-10-21-18)15-6-13(29)14(9-28)30-15/h1-5,8,10,13-15,28-29H,6-7,9H2,(H2,20,21,22)/t13-,14+,15+/m0/s1. The van der Waals surface area contributed by atoms with Crippen molar-refractivity contribution in [3.05, 3.63) is 48.4 Å². The number of nitrogens with two attached hydrogens (primary N) is 1. The van der Waals surface area contributed by atoms with Crippen LogP contribution in [0.5, 0.6) is 0 Å². The Balaban J connectivity index is 1.54. The minimum Gasteiger partial charge on any atom is -0.394 e. The molecule has 154 valence electrons. The highest BCUT2D eigenvalue weighted by Gasteiger charge is 2.36. The fourth-order valence-corrected chi connectivity index (χ4v) is 3.66. The quantitative estimate of drug-likeness (QED) is 0.425. The lowest BCUT2D eigenvalue weighted by atomic mass is 10.2. The van der Waals surface area contributed by atoms with Gasteiger partial charge in [-0.05, 0) is 5.56 Å². The smallest absolute Gasteiger partial charge is 0.166 e. The summed E-state index contributed by atoms with van der Waals surface area (Å²) in [6, 6.07) is 9.92. The molecular weight excluding hydrogens is 388 g/mol. The van der Waals surface area contributed by atoms with Crippen molar-refractivity contribution in [3.63, 3.8) is 0 Å². The van der Waals surface area contributed by atoms with Crippen LogP contribution in [0.4, 0.5) is 5.82 Å². The van der Waals surface area contributed by atoms with Gasteiger partial charge in [0, 0.05) is 6.42 Å². The zero-order valence-corrected chi connectivity index (χ0v) is 15.9. The summed E-state index contributed by atoms with van der Waals surface area (Å²) < 4.78 is 9.02. The summed E-state index contributed by atoms with van der Waals surface area (Å²) in [7, 11) is 0. The van der Waals surface area contributed by atoms with Gasteiger partial charge in [0.1, 0.15) is 29.6 Å². The first-order chi connectivity index (χ1) is 14.6. The van der Waals surface area contributed by atoms with E-state index in [1.165, 1.54) is 6.33 Å². The third-order valence-electron chi connectivity index (χ3n) is 5.14. The number of fused-ring (bicyclic) bond motifs is 1. The average molecular weight is 408 g/mol. The van der Waals surface area contributed by atoms with Gasteiger partial charge in [-0.15, -0.1) is 5.10 Å². The first-order valence-electron chi connectivity index (χ1n) is 9.51. The van der Waals surface area contributed by atoms with Gasteiger partial charge in [0.25, 0.3) is 0 Å². The number of hydrogen-bond acceptors (Lipinski definition) is 9. The van der Waals surface area contributed by atoms with Crippen LogP contribution in [-0.2, 0) is 11.3 Å². The first-order valence-corrected chi connectivity index (χ1v) is 9.51. The Bertz CT molecular complexity index is 1180. The Kier molecular flexibility index (Phi) is 4.62. The van der Waals surface area contributed by atoms with Crippen molar-refractivity contribution in [3.8, 4) is 11.4 Å². The molecule has 30 heavy (non-hydrogen) atoms. The van der Waals surface area contributed by atoms with Crippen LogP contribution in [0.15, 0.2) is 42.9 Å². The van der Waals surface area contributed by atoms with Gasteiger partial charge in [0.15, 0.2) is 11.9 Å². The maximum absolute atomic E-state index is 10.1. The molecule has 1 fully saturated rings. The monoisotopic (exact) mass is 408 g/mol. The van der Waals surface area contributed by atoms with Gasteiger partial charge in [-0.2, -0.15) is 5.10 Å². The summed E-state index contributed by atoms with van der Waals surface area (Å²) in [5.74, 6) is 0.260. The lowest BCUT2D eigenvalue weighted by molar-refractivity contribution is -0.0469. The molecule has 0 radical (unpaired) electrons. The summed E-state index contributed by atoms with van der Waals surface area (Å²) in [5.41, 5.74) is 8.69. The molecule has 11 heteroatoms. The second-order valence-corrected chi connectivity index (χ2v) is 7.15. The van der Waals surface area contributed by atoms with E-state index in [2.05, 4.69) is 25.4 Å². The van der Waals surface area contributed by atoms with Gasteiger partial charge in [-0.3, -0.25) is 0 Å². The molecule has 11 nitrogen and oxygen atoms in total. The van der Waals surface area contributed by atoms with Gasteiger partial charge in [-0.1, -0.05) is 35.5 Å². The van der Waals surface area contributed by atoms with E-state index in [-0.39, 0.29) is 18.8 Å². The number of nitrogens with zero attached hydrogens (tertiary/aromatic N) is 7. The third-order valence-corrected chi connectivity index (χ3v) is 5.14. The van der Waals surface area contributed by atoms with E-state index in [0.717, 1.165) is 5.56 Å². The molecule has 4 heterocycles. The normalized spacial score (nSPS) is 21.5. The number of aliphatic hydroxyl groups excluding tert-OH is 2. The highest BCUT2D eigenvalue weighted by molar-refractivity contribution is 5.97. The van der Waals surface area contributed by atoms with Crippen molar-refractivity contribution in [2.45, 2.75) is 31.4 Å². The zero-order chi connectivity index (χ0) is 20.7. The van der Waals surface area contributed by atoms with E-state index < -0.39 is 18.4 Å². The summed E-state index contributed by atoms with van der Waals surface area (Å²) in [4.78, 5) is 8.40. The van der Waals surface area contributed by atoms with Crippen LogP contribution in [-0.4, -0.2) is 63.8 Å². The van der Waals surface area contributed by atoms with Gasteiger partial charge in [0.2, 0.25) is 0 Å². The van der Waals surface area contributed by atoms with Crippen LogP contribution in [0.2, 0.25) is 0 Å². The van der Waals surface area contributed by atoms with Crippen molar-refractivity contribution in [1.82, 2.24) is 34.7 Å². The molecule has 0 unspecified atom stereocenters. The topological polar surface area (TPSA) is 150 Å². The maximum Gasteiger partial charge on any atom is 0.166 e. The van der Waals surface area contributed by atoms with Crippen LogP contribution >= 0.6 is 0 Å². The van der Waals surface area contributed by atoms with Gasteiger partial charge in [0.05, 0.1) is 30.8 Å². The minimum atomic E-state index is -0.798. The number of aromatic nitrogens is 7. The summed E-state index contributed by atoms with van der Waals surface area (Å²) in [5, 5.41) is 33.1. The molecule has 1 aromatic carbocycles. The van der Waals surface area contributed by atoms with E-state index in [4.69, 9.17) is 10.5 Å². The molecule has 5 rings (SSSR count). The van der Waals surface area contributed by atoms with Crippen molar-refractivity contribution >= 4 is 16.9 Å². The average Bonchev–Trinajstić information content (AvgIpc) is 3.46. The molecule has 0 spiro atoms. The van der Waals surface area contributed by atoms with Crippen LogP contribution in [0.3, 0.4) is 0 Å². The van der Waals surface area contributed by atoms with Crippen molar-refractivity contribution in [1.29, 1.82) is 0 Å². The lowest BCUT2D eigenvalue weighted by Crippen LogP contribution is -2.24.